The highest BCUT2D eigenvalue weighted by Crippen LogP contribution is 2.36. The fourth-order valence-corrected chi connectivity index (χ4v) is 4.71. The number of aliphatic hydroxyl groups excluding tert-OH is 1. The van der Waals surface area contributed by atoms with E-state index in [2.05, 4.69) is 106 Å². The van der Waals surface area contributed by atoms with Gasteiger partial charge >= 0.3 is 0 Å². The molecule has 0 saturated carbocycles. The van der Waals surface area contributed by atoms with Gasteiger partial charge < -0.3 is 14.7 Å². The number of aliphatic hydroxyl groups is 1. The zero-order valence-corrected chi connectivity index (χ0v) is 21.6. The Balaban J connectivity index is 1.32. The highest BCUT2D eigenvalue weighted by molar-refractivity contribution is 5.84. The van der Waals surface area contributed by atoms with Crippen LogP contribution >= 0.6 is 0 Å². The first-order chi connectivity index (χ1) is 16.8. The predicted molar refractivity (Wildman–Crippen MR) is 146 cm³/mol. The van der Waals surface area contributed by atoms with Crippen LogP contribution in [0.2, 0.25) is 0 Å². The van der Waals surface area contributed by atoms with Crippen molar-refractivity contribution in [1.29, 1.82) is 0 Å². The second kappa shape index (κ2) is 11.2. The van der Waals surface area contributed by atoms with E-state index >= 15 is 0 Å². The van der Waals surface area contributed by atoms with Gasteiger partial charge in [0.25, 0.3) is 0 Å². The Bertz CT molecular complexity index is 1090. The highest BCUT2D eigenvalue weighted by atomic mass is 16.5. The molecule has 0 aliphatic carbocycles. The molecule has 0 radical (unpaired) electrons. The van der Waals surface area contributed by atoms with Crippen molar-refractivity contribution in [1.82, 2.24) is 4.90 Å². The number of hydrogen-bond acceptors (Lipinski definition) is 3. The molecular weight excluding hydrogens is 430 g/mol. The average molecular weight is 470 g/mol. The standard InChI is InChI=1S/C32H39NO2/c1-32(2,3)26-19-17-24(18-20-26)30(34)15-10-22-33(4)21-9-14-28-27-12-6-5-11-25(27)23-35-31-16-8-7-13-29(28)31/h5-8,11-14,16-20,30,34H,9-10,15,21-23H2,1-4H3/b28-14-. The molecule has 4 rings (SSSR count). The summed E-state index contributed by atoms with van der Waals surface area (Å²) in [6.45, 7) is 9.19. The van der Waals surface area contributed by atoms with E-state index < -0.39 is 6.10 Å². The summed E-state index contributed by atoms with van der Waals surface area (Å²) < 4.78 is 6.09. The van der Waals surface area contributed by atoms with Crippen molar-refractivity contribution in [2.45, 2.75) is 58.2 Å². The van der Waals surface area contributed by atoms with Gasteiger partial charge in [-0.1, -0.05) is 93.6 Å². The zero-order chi connectivity index (χ0) is 24.8. The Morgan fingerprint density at radius 2 is 1.60 bits per heavy atom. The molecule has 0 bridgehead atoms. The molecule has 0 aromatic heterocycles. The molecule has 35 heavy (non-hydrogen) atoms. The van der Waals surface area contributed by atoms with Crippen LogP contribution in [-0.4, -0.2) is 30.1 Å². The lowest BCUT2D eigenvalue weighted by molar-refractivity contribution is 0.158. The van der Waals surface area contributed by atoms with E-state index in [4.69, 9.17) is 4.74 Å². The number of benzene rings is 3. The Kier molecular flexibility index (Phi) is 8.10. The average Bonchev–Trinajstić information content (AvgIpc) is 3.01. The molecule has 1 unspecified atom stereocenters. The van der Waals surface area contributed by atoms with Crippen LogP contribution in [0.25, 0.3) is 5.57 Å². The second-order valence-corrected chi connectivity index (χ2v) is 10.7. The third kappa shape index (κ3) is 6.42. The smallest absolute Gasteiger partial charge is 0.127 e. The summed E-state index contributed by atoms with van der Waals surface area (Å²) in [5, 5.41) is 10.6. The Labute approximate surface area is 211 Å². The summed E-state index contributed by atoms with van der Waals surface area (Å²) in [5.74, 6) is 0.952. The zero-order valence-electron chi connectivity index (χ0n) is 21.6. The molecule has 0 spiro atoms. The Hall–Kier alpha value is -2.88. The Morgan fingerprint density at radius 1 is 0.914 bits per heavy atom. The largest absolute Gasteiger partial charge is 0.488 e. The van der Waals surface area contributed by atoms with Gasteiger partial charge in [0.05, 0.1) is 6.10 Å². The van der Waals surface area contributed by atoms with Gasteiger partial charge in [0.15, 0.2) is 0 Å². The molecule has 3 nitrogen and oxygen atoms in total. The molecule has 3 heteroatoms. The van der Waals surface area contributed by atoms with Crippen LogP contribution in [0, 0.1) is 0 Å². The van der Waals surface area contributed by atoms with Gasteiger partial charge in [-0.05, 0) is 72.2 Å². The van der Waals surface area contributed by atoms with E-state index in [-0.39, 0.29) is 5.41 Å². The number of nitrogens with zero attached hydrogens (tertiary/aromatic N) is 1. The minimum atomic E-state index is -0.404. The van der Waals surface area contributed by atoms with Crippen molar-refractivity contribution in [3.05, 3.63) is 107 Å². The topological polar surface area (TPSA) is 32.7 Å². The van der Waals surface area contributed by atoms with Gasteiger partial charge in [-0.25, -0.2) is 0 Å². The monoisotopic (exact) mass is 469 g/mol. The van der Waals surface area contributed by atoms with Crippen LogP contribution in [0.1, 0.15) is 74.0 Å². The van der Waals surface area contributed by atoms with Gasteiger partial charge in [-0.2, -0.15) is 0 Å². The van der Waals surface area contributed by atoms with Crippen molar-refractivity contribution < 1.29 is 9.84 Å². The lowest BCUT2D eigenvalue weighted by Gasteiger charge is -2.20. The first-order valence-corrected chi connectivity index (χ1v) is 12.8. The first kappa shape index (κ1) is 25.2. The maximum atomic E-state index is 10.6. The van der Waals surface area contributed by atoms with Crippen LogP contribution in [0.4, 0.5) is 0 Å². The first-order valence-electron chi connectivity index (χ1n) is 12.8. The van der Waals surface area contributed by atoms with Crippen LogP contribution in [0.15, 0.2) is 78.9 Å². The maximum absolute atomic E-state index is 10.6. The molecule has 0 fully saturated rings. The molecule has 0 amide bonds. The minimum Gasteiger partial charge on any atom is -0.488 e. The van der Waals surface area contributed by atoms with Crippen molar-refractivity contribution in [3.8, 4) is 5.75 Å². The second-order valence-electron chi connectivity index (χ2n) is 10.7. The number of ether oxygens (including phenoxy) is 1. The molecule has 1 heterocycles. The molecule has 1 aliphatic rings. The lowest BCUT2D eigenvalue weighted by Crippen LogP contribution is -2.21. The maximum Gasteiger partial charge on any atom is 0.127 e. The molecule has 0 saturated heterocycles. The number of para-hydroxylation sites is 1. The fourth-order valence-electron chi connectivity index (χ4n) is 4.71. The van der Waals surface area contributed by atoms with Crippen LogP contribution in [0.5, 0.6) is 5.75 Å². The summed E-state index contributed by atoms with van der Waals surface area (Å²) >= 11 is 0. The summed E-state index contributed by atoms with van der Waals surface area (Å²) in [4.78, 5) is 2.36. The predicted octanol–water partition coefficient (Wildman–Crippen LogP) is 7.14. The highest BCUT2D eigenvalue weighted by Gasteiger charge is 2.18. The summed E-state index contributed by atoms with van der Waals surface area (Å²) in [5.41, 5.74) is 7.37. The molecule has 1 N–H and O–H groups in total. The van der Waals surface area contributed by atoms with E-state index in [9.17, 15) is 5.11 Å². The quantitative estimate of drug-likeness (QED) is 0.380. The molecule has 3 aromatic carbocycles. The number of hydrogen-bond donors (Lipinski definition) is 1. The molecule has 1 atom stereocenters. The van der Waals surface area contributed by atoms with Gasteiger partial charge in [-0.15, -0.1) is 0 Å². The van der Waals surface area contributed by atoms with E-state index in [1.165, 1.54) is 27.8 Å². The third-order valence-corrected chi connectivity index (χ3v) is 6.91. The van der Waals surface area contributed by atoms with Crippen molar-refractivity contribution in [2.75, 3.05) is 20.1 Å². The number of fused-ring (bicyclic) bond motifs is 2. The van der Waals surface area contributed by atoms with E-state index in [0.29, 0.717) is 6.61 Å². The Morgan fingerprint density at radius 3 is 2.34 bits per heavy atom. The van der Waals surface area contributed by atoms with Gasteiger partial charge in [0.2, 0.25) is 0 Å². The SMILES string of the molecule is CN(CC/C=C1/c2ccccc2COc2ccccc21)CCCC(O)c1ccc(C(C)(C)C)cc1. The van der Waals surface area contributed by atoms with Crippen molar-refractivity contribution in [2.24, 2.45) is 0 Å². The van der Waals surface area contributed by atoms with Crippen LogP contribution in [-0.2, 0) is 12.0 Å². The third-order valence-electron chi connectivity index (χ3n) is 6.91. The lowest BCUT2D eigenvalue weighted by atomic mass is 9.86. The molecule has 3 aromatic rings. The van der Waals surface area contributed by atoms with Crippen molar-refractivity contribution >= 4 is 5.57 Å². The van der Waals surface area contributed by atoms with Gasteiger partial charge in [0.1, 0.15) is 12.4 Å². The summed E-state index contributed by atoms with van der Waals surface area (Å²) in [6, 6.07) is 25.3. The minimum absolute atomic E-state index is 0.134. The molecule has 184 valence electrons. The van der Waals surface area contributed by atoms with Crippen molar-refractivity contribution in [3.63, 3.8) is 0 Å². The molecular formula is C32H39NO2. The van der Waals surface area contributed by atoms with Gasteiger partial charge in [-0.3, -0.25) is 0 Å². The van der Waals surface area contributed by atoms with Gasteiger partial charge in [0, 0.05) is 12.1 Å². The number of rotatable bonds is 8. The summed E-state index contributed by atoms with van der Waals surface area (Å²) in [7, 11) is 2.17. The normalized spacial score (nSPS) is 15.3. The molecule has 1 aliphatic heterocycles. The van der Waals surface area contributed by atoms with E-state index in [0.717, 1.165) is 43.7 Å². The van der Waals surface area contributed by atoms with Crippen LogP contribution < -0.4 is 4.74 Å². The fraction of sp³-hybridized carbons (Fsp3) is 0.375. The van der Waals surface area contributed by atoms with E-state index in [1.54, 1.807) is 0 Å². The summed E-state index contributed by atoms with van der Waals surface area (Å²) in [6.07, 6.45) is 4.66. The van der Waals surface area contributed by atoms with E-state index in [1.807, 2.05) is 6.07 Å². The van der Waals surface area contributed by atoms with Crippen LogP contribution in [0.3, 0.4) is 0 Å².